The van der Waals surface area contributed by atoms with Crippen LogP contribution in [0.5, 0.6) is 5.75 Å². The summed E-state index contributed by atoms with van der Waals surface area (Å²) in [7, 11) is 0. The predicted octanol–water partition coefficient (Wildman–Crippen LogP) is 1.54. The van der Waals surface area contributed by atoms with Gasteiger partial charge in [-0.2, -0.15) is 0 Å². The van der Waals surface area contributed by atoms with Crippen LogP contribution < -0.4 is 15.8 Å². The zero-order valence-corrected chi connectivity index (χ0v) is 11.5. The quantitative estimate of drug-likeness (QED) is 0.833. The first-order valence-electron chi connectivity index (χ1n) is 6.04. The molecule has 1 rings (SSSR count). The summed E-state index contributed by atoms with van der Waals surface area (Å²) in [5.41, 5.74) is 7.43. The number of nitrogens with one attached hydrogen (secondary N) is 1. The number of amides is 1. The molecule has 1 aromatic rings. The molecule has 0 saturated carbocycles. The third-order valence-electron chi connectivity index (χ3n) is 2.50. The van der Waals surface area contributed by atoms with Crippen molar-refractivity contribution in [2.75, 3.05) is 13.2 Å². The Hall–Kier alpha value is -1.55. The summed E-state index contributed by atoms with van der Waals surface area (Å²) in [6.07, 6.45) is 0. The van der Waals surface area contributed by atoms with E-state index in [0.29, 0.717) is 6.54 Å². The van der Waals surface area contributed by atoms with Gasteiger partial charge in [0.2, 0.25) is 0 Å². The highest BCUT2D eigenvalue weighted by atomic mass is 16.5. The SMILES string of the molecule is Cc1cccc(C)c1OCC(=O)NCC(C)(C)N. The van der Waals surface area contributed by atoms with Crippen LogP contribution >= 0.6 is 0 Å². The fourth-order valence-corrected chi connectivity index (χ4v) is 1.54. The van der Waals surface area contributed by atoms with E-state index >= 15 is 0 Å². The minimum atomic E-state index is -0.408. The maximum Gasteiger partial charge on any atom is 0.258 e. The lowest BCUT2D eigenvalue weighted by Crippen LogP contribution is -2.46. The van der Waals surface area contributed by atoms with Crippen molar-refractivity contribution in [3.8, 4) is 5.75 Å². The number of nitrogens with two attached hydrogens (primary N) is 1. The first-order valence-corrected chi connectivity index (χ1v) is 6.04. The van der Waals surface area contributed by atoms with E-state index in [1.165, 1.54) is 0 Å². The molecule has 0 aromatic heterocycles. The molecule has 4 nitrogen and oxygen atoms in total. The number of ether oxygens (including phenoxy) is 1. The van der Waals surface area contributed by atoms with Gasteiger partial charge in [-0.25, -0.2) is 0 Å². The maximum atomic E-state index is 11.6. The Balaban J connectivity index is 2.48. The molecule has 0 aliphatic rings. The second-order valence-electron chi connectivity index (χ2n) is 5.27. The summed E-state index contributed by atoms with van der Waals surface area (Å²) in [6, 6.07) is 5.89. The van der Waals surface area contributed by atoms with Gasteiger partial charge in [-0.05, 0) is 38.8 Å². The van der Waals surface area contributed by atoms with Crippen LogP contribution in [0.1, 0.15) is 25.0 Å². The Morgan fingerprint density at radius 1 is 1.33 bits per heavy atom. The first kappa shape index (κ1) is 14.5. The van der Waals surface area contributed by atoms with Crippen LogP contribution in [-0.4, -0.2) is 24.6 Å². The van der Waals surface area contributed by atoms with E-state index in [0.717, 1.165) is 16.9 Å². The Kier molecular flexibility index (Phi) is 4.73. The van der Waals surface area contributed by atoms with Crippen LogP contribution in [0.4, 0.5) is 0 Å². The highest BCUT2D eigenvalue weighted by Gasteiger charge is 2.13. The number of hydrogen-bond donors (Lipinski definition) is 2. The molecule has 0 unspecified atom stereocenters. The van der Waals surface area contributed by atoms with Crippen molar-refractivity contribution >= 4 is 5.91 Å². The second-order valence-corrected chi connectivity index (χ2v) is 5.27. The minimum Gasteiger partial charge on any atom is -0.483 e. The molecule has 0 saturated heterocycles. The molecule has 18 heavy (non-hydrogen) atoms. The highest BCUT2D eigenvalue weighted by Crippen LogP contribution is 2.21. The zero-order valence-electron chi connectivity index (χ0n) is 11.5. The summed E-state index contributed by atoms with van der Waals surface area (Å²) in [6.45, 7) is 8.09. The number of carbonyl (C=O) groups is 1. The van der Waals surface area contributed by atoms with E-state index in [-0.39, 0.29) is 12.5 Å². The average molecular weight is 250 g/mol. The Morgan fingerprint density at radius 3 is 2.39 bits per heavy atom. The van der Waals surface area contributed by atoms with Gasteiger partial charge in [-0.3, -0.25) is 4.79 Å². The van der Waals surface area contributed by atoms with Crippen LogP contribution in [-0.2, 0) is 4.79 Å². The van der Waals surface area contributed by atoms with E-state index in [9.17, 15) is 4.79 Å². The van der Waals surface area contributed by atoms with Gasteiger partial charge in [0.1, 0.15) is 5.75 Å². The second kappa shape index (κ2) is 5.87. The van der Waals surface area contributed by atoms with Crippen LogP contribution in [0.25, 0.3) is 0 Å². The van der Waals surface area contributed by atoms with Gasteiger partial charge in [0.25, 0.3) is 5.91 Å². The molecular weight excluding hydrogens is 228 g/mol. The van der Waals surface area contributed by atoms with E-state index in [2.05, 4.69) is 5.32 Å². The van der Waals surface area contributed by atoms with Crippen LogP contribution in [0.3, 0.4) is 0 Å². The van der Waals surface area contributed by atoms with Crippen LogP contribution in [0.2, 0.25) is 0 Å². The van der Waals surface area contributed by atoms with E-state index < -0.39 is 5.54 Å². The number of hydrogen-bond acceptors (Lipinski definition) is 3. The van der Waals surface area contributed by atoms with Crippen LogP contribution in [0, 0.1) is 13.8 Å². The number of aryl methyl sites for hydroxylation is 2. The molecule has 0 spiro atoms. The zero-order chi connectivity index (χ0) is 13.8. The maximum absolute atomic E-state index is 11.6. The molecular formula is C14H22N2O2. The summed E-state index contributed by atoms with van der Waals surface area (Å²) >= 11 is 0. The van der Waals surface area contributed by atoms with Crippen molar-refractivity contribution in [3.63, 3.8) is 0 Å². The number of para-hydroxylation sites is 1. The van der Waals surface area contributed by atoms with Gasteiger partial charge in [0.05, 0.1) is 0 Å². The first-order chi connectivity index (χ1) is 8.29. The monoisotopic (exact) mass is 250 g/mol. The molecule has 0 fully saturated rings. The van der Waals surface area contributed by atoms with Gasteiger partial charge in [0.15, 0.2) is 6.61 Å². The van der Waals surface area contributed by atoms with E-state index in [4.69, 9.17) is 10.5 Å². The molecule has 3 N–H and O–H groups in total. The van der Waals surface area contributed by atoms with Crippen molar-refractivity contribution < 1.29 is 9.53 Å². The van der Waals surface area contributed by atoms with E-state index in [1.807, 2.05) is 45.9 Å². The molecule has 1 aromatic carbocycles. The van der Waals surface area contributed by atoms with Crippen molar-refractivity contribution in [2.24, 2.45) is 5.73 Å². The molecule has 0 aliphatic carbocycles. The summed E-state index contributed by atoms with van der Waals surface area (Å²) in [5.74, 6) is 0.621. The van der Waals surface area contributed by atoms with Crippen molar-refractivity contribution in [2.45, 2.75) is 33.2 Å². The summed E-state index contributed by atoms with van der Waals surface area (Å²) in [4.78, 5) is 11.6. The van der Waals surface area contributed by atoms with E-state index in [1.54, 1.807) is 0 Å². The predicted molar refractivity (Wildman–Crippen MR) is 72.7 cm³/mol. The number of carbonyl (C=O) groups excluding carboxylic acids is 1. The topological polar surface area (TPSA) is 64.3 Å². The molecule has 4 heteroatoms. The standard InChI is InChI=1S/C14H22N2O2/c1-10-6-5-7-11(2)13(10)18-8-12(17)16-9-14(3,4)15/h5-7H,8-9,15H2,1-4H3,(H,16,17). The van der Waals surface area contributed by atoms with Gasteiger partial charge in [0, 0.05) is 12.1 Å². The molecule has 0 heterocycles. The van der Waals surface area contributed by atoms with Crippen molar-refractivity contribution in [3.05, 3.63) is 29.3 Å². The molecule has 0 aliphatic heterocycles. The number of rotatable bonds is 5. The Bertz CT molecular complexity index is 402. The Labute approximate surface area is 109 Å². The van der Waals surface area contributed by atoms with Crippen molar-refractivity contribution in [1.29, 1.82) is 0 Å². The van der Waals surface area contributed by atoms with Gasteiger partial charge in [-0.15, -0.1) is 0 Å². The third-order valence-corrected chi connectivity index (χ3v) is 2.50. The molecule has 0 atom stereocenters. The smallest absolute Gasteiger partial charge is 0.258 e. The van der Waals surface area contributed by atoms with Gasteiger partial charge >= 0.3 is 0 Å². The van der Waals surface area contributed by atoms with Crippen molar-refractivity contribution in [1.82, 2.24) is 5.32 Å². The third kappa shape index (κ3) is 4.75. The molecule has 0 bridgehead atoms. The van der Waals surface area contributed by atoms with Gasteiger partial charge in [-0.1, -0.05) is 18.2 Å². The molecule has 0 radical (unpaired) electrons. The average Bonchev–Trinajstić information content (AvgIpc) is 2.25. The Morgan fingerprint density at radius 2 is 1.89 bits per heavy atom. The van der Waals surface area contributed by atoms with Gasteiger partial charge < -0.3 is 15.8 Å². The lowest BCUT2D eigenvalue weighted by atomic mass is 10.1. The fourth-order valence-electron chi connectivity index (χ4n) is 1.54. The minimum absolute atomic E-state index is 0.0156. The summed E-state index contributed by atoms with van der Waals surface area (Å²) < 4.78 is 5.54. The molecule has 1 amide bonds. The normalized spacial score (nSPS) is 11.2. The fraction of sp³-hybridized carbons (Fsp3) is 0.500. The highest BCUT2D eigenvalue weighted by molar-refractivity contribution is 5.77. The van der Waals surface area contributed by atoms with Crippen LogP contribution in [0.15, 0.2) is 18.2 Å². The molecule has 100 valence electrons. The lowest BCUT2D eigenvalue weighted by Gasteiger charge is -2.19. The lowest BCUT2D eigenvalue weighted by molar-refractivity contribution is -0.123. The number of benzene rings is 1. The largest absolute Gasteiger partial charge is 0.483 e. The summed E-state index contributed by atoms with van der Waals surface area (Å²) in [5, 5.41) is 2.74.